The first-order chi connectivity index (χ1) is 19.6. The lowest BCUT2D eigenvalue weighted by Crippen LogP contribution is -2.60. The number of benzene rings is 3. The summed E-state index contributed by atoms with van der Waals surface area (Å²) in [7, 11) is 0. The molecule has 0 spiro atoms. The molecule has 1 aliphatic heterocycles. The molecule has 218 valence electrons. The number of rotatable bonds is 10. The maximum atomic E-state index is 12.9. The van der Waals surface area contributed by atoms with Crippen molar-refractivity contribution in [3.8, 4) is 0 Å². The van der Waals surface area contributed by atoms with Gasteiger partial charge in [-0.2, -0.15) is 0 Å². The van der Waals surface area contributed by atoms with Crippen LogP contribution in [-0.2, 0) is 48.3 Å². The van der Waals surface area contributed by atoms with Crippen LogP contribution < -0.4 is 0 Å². The molecular weight excluding hydrogens is 524 g/mol. The van der Waals surface area contributed by atoms with Crippen LogP contribution in [0.4, 0.5) is 0 Å². The molecule has 0 bridgehead atoms. The lowest BCUT2D eigenvalue weighted by molar-refractivity contribution is -0.308. The van der Waals surface area contributed by atoms with Crippen LogP contribution in [-0.4, -0.2) is 47.8 Å². The highest BCUT2D eigenvalue weighted by molar-refractivity contribution is 5.91. The SMILES string of the molecule is C[C@H]1O[C@H](OCc2ccccc2C(=O)OCc2ccccc2)[C@@H](OC(=O)C(C)(C)C)[C@@H](O)[C@@H]1OCc1ccccc1. The Bertz CT molecular complexity index is 1270. The van der Waals surface area contributed by atoms with Gasteiger partial charge in [-0.05, 0) is 50.5 Å². The van der Waals surface area contributed by atoms with E-state index in [9.17, 15) is 14.7 Å². The Morgan fingerprint density at radius 3 is 2.00 bits per heavy atom. The molecule has 0 amide bonds. The van der Waals surface area contributed by atoms with E-state index in [1.807, 2.05) is 60.7 Å². The van der Waals surface area contributed by atoms with E-state index >= 15 is 0 Å². The minimum atomic E-state index is -1.22. The summed E-state index contributed by atoms with van der Waals surface area (Å²) in [6.45, 7) is 7.30. The second kappa shape index (κ2) is 13.9. The van der Waals surface area contributed by atoms with E-state index in [1.165, 1.54) is 0 Å². The zero-order valence-corrected chi connectivity index (χ0v) is 23.9. The number of carbonyl (C=O) groups is 2. The molecule has 4 rings (SSSR count). The van der Waals surface area contributed by atoms with Crippen molar-refractivity contribution in [1.82, 2.24) is 0 Å². The second-order valence-electron chi connectivity index (χ2n) is 11.1. The predicted molar refractivity (Wildman–Crippen MR) is 151 cm³/mol. The molecule has 0 radical (unpaired) electrons. The molecule has 0 unspecified atom stereocenters. The smallest absolute Gasteiger partial charge is 0.338 e. The Labute approximate surface area is 241 Å². The van der Waals surface area contributed by atoms with Crippen molar-refractivity contribution < 1.29 is 38.4 Å². The molecule has 5 atom stereocenters. The van der Waals surface area contributed by atoms with E-state index < -0.39 is 48.1 Å². The van der Waals surface area contributed by atoms with Crippen molar-refractivity contribution >= 4 is 11.9 Å². The first kappa shape index (κ1) is 30.4. The van der Waals surface area contributed by atoms with Gasteiger partial charge in [-0.1, -0.05) is 78.9 Å². The number of hydrogen-bond donors (Lipinski definition) is 1. The zero-order valence-electron chi connectivity index (χ0n) is 23.9. The van der Waals surface area contributed by atoms with Crippen LogP contribution in [0.25, 0.3) is 0 Å². The highest BCUT2D eigenvalue weighted by atomic mass is 16.7. The normalized spacial score (nSPS) is 22.6. The monoisotopic (exact) mass is 562 g/mol. The fraction of sp³-hybridized carbons (Fsp3) is 0.394. The lowest BCUT2D eigenvalue weighted by Gasteiger charge is -2.43. The van der Waals surface area contributed by atoms with Crippen LogP contribution in [0.15, 0.2) is 84.9 Å². The maximum absolute atomic E-state index is 12.9. The van der Waals surface area contributed by atoms with Crippen LogP contribution >= 0.6 is 0 Å². The van der Waals surface area contributed by atoms with Gasteiger partial charge in [0.15, 0.2) is 12.4 Å². The van der Waals surface area contributed by atoms with E-state index in [4.69, 9.17) is 23.7 Å². The van der Waals surface area contributed by atoms with Gasteiger partial charge in [0.2, 0.25) is 0 Å². The van der Waals surface area contributed by atoms with Gasteiger partial charge in [-0.25, -0.2) is 4.79 Å². The lowest BCUT2D eigenvalue weighted by atomic mass is 9.95. The largest absolute Gasteiger partial charge is 0.457 e. The fourth-order valence-corrected chi connectivity index (χ4v) is 4.37. The number of ether oxygens (including phenoxy) is 5. The van der Waals surface area contributed by atoms with Crippen molar-refractivity contribution in [3.05, 3.63) is 107 Å². The third-order valence-electron chi connectivity index (χ3n) is 6.75. The van der Waals surface area contributed by atoms with Gasteiger partial charge < -0.3 is 28.8 Å². The molecule has 1 fully saturated rings. The van der Waals surface area contributed by atoms with Crippen molar-refractivity contribution in [1.29, 1.82) is 0 Å². The average molecular weight is 563 g/mol. The molecule has 3 aromatic rings. The molecule has 8 nitrogen and oxygen atoms in total. The minimum Gasteiger partial charge on any atom is -0.457 e. The molecule has 0 saturated carbocycles. The quantitative estimate of drug-likeness (QED) is 0.336. The summed E-state index contributed by atoms with van der Waals surface area (Å²) in [6, 6.07) is 25.9. The number of aliphatic hydroxyl groups is 1. The van der Waals surface area contributed by atoms with E-state index in [-0.39, 0.29) is 19.8 Å². The summed E-state index contributed by atoms with van der Waals surface area (Å²) in [4.78, 5) is 25.8. The van der Waals surface area contributed by atoms with Gasteiger partial charge in [0.05, 0.1) is 30.3 Å². The summed E-state index contributed by atoms with van der Waals surface area (Å²) in [6.07, 6.45) is -4.82. The summed E-state index contributed by atoms with van der Waals surface area (Å²) in [5.74, 6) is -1.00. The summed E-state index contributed by atoms with van der Waals surface area (Å²) in [5, 5.41) is 11.3. The second-order valence-corrected chi connectivity index (χ2v) is 11.1. The standard InChI is InChI=1S/C33H38O8/c1-22-28(37-19-23-13-7-5-8-14-23)27(34)29(41-32(36)33(2,3)4)31(40-22)39-21-25-17-11-12-18-26(25)30(35)38-20-24-15-9-6-10-16-24/h5-18,22,27-29,31,34H,19-21H2,1-4H3/t22-,27+,28-,29+,31+/m1/s1. The third-order valence-corrected chi connectivity index (χ3v) is 6.75. The topological polar surface area (TPSA) is 101 Å². The highest BCUT2D eigenvalue weighted by Gasteiger charge is 2.48. The van der Waals surface area contributed by atoms with E-state index in [2.05, 4.69) is 0 Å². The Morgan fingerprint density at radius 2 is 1.37 bits per heavy atom. The van der Waals surface area contributed by atoms with Gasteiger partial charge in [-0.3, -0.25) is 4.79 Å². The van der Waals surface area contributed by atoms with Crippen LogP contribution in [0.5, 0.6) is 0 Å². The molecule has 8 heteroatoms. The molecule has 1 saturated heterocycles. The Hall–Kier alpha value is -3.56. The van der Waals surface area contributed by atoms with Crippen LogP contribution in [0.2, 0.25) is 0 Å². The number of hydrogen-bond acceptors (Lipinski definition) is 8. The molecule has 41 heavy (non-hydrogen) atoms. The van der Waals surface area contributed by atoms with E-state index in [0.29, 0.717) is 11.1 Å². The van der Waals surface area contributed by atoms with Crippen LogP contribution in [0.1, 0.15) is 54.7 Å². The third kappa shape index (κ3) is 8.24. The van der Waals surface area contributed by atoms with Gasteiger partial charge in [0, 0.05) is 0 Å². The van der Waals surface area contributed by atoms with Crippen molar-refractivity contribution in [2.24, 2.45) is 5.41 Å². The number of aliphatic hydroxyl groups excluding tert-OH is 1. The van der Waals surface area contributed by atoms with Crippen molar-refractivity contribution in [2.45, 2.75) is 78.2 Å². The number of carbonyl (C=O) groups excluding carboxylic acids is 2. The maximum Gasteiger partial charge on any atom is 0.338 e. The van der Waals surface area contributed by atoms with Gasteiger partial charge >= 0.3 is 11.9 Å². The number of esters is 2. The molecule has 1 aliphatic rings. The molecule has 1 N–H and O–H groups in total. The summed E-state index contributed by atoms with van der Waals surface area (Å²) < 4.78 is 29.5. The first-order valence-electron chi connectivity index (χ1n) is 13.7. The minimum absolute atomic E-state index is 0.0418. The molecule has 3 aromatic carbocycles. The van der Waals surface area contributed by atoms with Crippen LogP contribution in [0.3, 0.4) is 0 Å². The van der Waals surface area contributed by atoms with Crippen LogP contribution in [0, 0.1) is 5.41 Å². The van der Waals surface area contributed by atoms with Crippen molar-refractivity contribution in [2.75, 3.05) is 0 Å². The Kier molecular flexibility index (Phi) is 10.3. The van der Waals surface area contributed by atoms with Gasteiger partial charge in [0.1, 0.15) is 18.8 Å². The Morgan fingerprint density at radius 1 is 0.780 bits per heavy atom. The van der Waals surface area contributed by atoms with Gasteiger partial charge in [0.25, 0.3) is 0 Å². The fourth-order valence-electron chi connectivity index (χ4n) is 4.37. The molecular formula is C33H38O8. The zero-order chi connectivity index (χ0) is 29.4. The summed E-state index contributed by atoms with van der Waals surface area (Å²) >= 11 is 0. The Balaban J connectivity index is 1.46. The highest BCUT2D eigenvalue weighted by Crippen LogP contribution is 2.30. The average Bonchev–Trinajstić information content (AvgIpc) is 2.97. The molecule has 0 aliphatic carbocycles. The van der Waals surface area contributed by atoms with E-state index in [1.54, 1.807) is 52.0 Å². The predicted octanol–water partition coefficient (Wildman–Crippen LogP) is 5.21. The van der Waals surface area contributed by atoms with Gasteiger partial charge in [-0.15, -0.1) is 0 Å². The molecule has 1 heterocycles. The molecule has 0 aromatic heterocycles. The first-order valence-corrected chi connectivity index (χ1v) is 13.7. The van der Waals surface area contributed by atoms with Crippen molar-refractivity contribution in [3.63, 3.8) is 0 Å². The van der Waals surface area contributed by atoms with E-state index in [0.717, 1.165) is 11.1 Å². The summed E-state index contributed by atoms with van der Waals surface area (Å²) in [5.41, 5.74) is 1.91.